The van der Waals surface area contributed by atoms with E-state index < -0.39 is 27.2 Å². The van der Waals surface area contributed by atoms with Crippen LogP contribution in [0.2, 0.25) is 5.02 Å². The predicted octanol–water partition coefficient (Wildman–Crippen LogP) is 4.28. The van der Waals surface area contributed by atoms with Gasteiger partial charge in [-0.25, -0.2) is 22.8 Å². The van der Waals surface area contributed by atoms with Crippen LogP contribution in [-0.2, 0) is 19.6 Å². The number of rotatable bonds is 8. The van der Waals surface area contributed by atoms with Gasteiger partial charge in [0.15, 0.2) is 17.2 Å². The molecule has 0 amide bonds. The number of anilines is 2. The smallest absolute Gasteiger partial charge is 0.232 e. The molecule has 0 fully saturated rings. The second-order valence-electron chi connectivity index (χ2n) is 8.50. The minimum atomic E-state index is -3.81. The highest BCUT2D eigenvalue weighted by Gasteiger charge is 2.48. The third-order valence-electron chi connectivity index (χ3n) is 5.01. The number of aromatic nitrogens is 2. The Balaban J connectivity index is 2.24. The maximum Gasteiger partial charge on any atom is 0.232 e. The molecule has 3 rings (SSSR count). The van der Waals surface area contributed by atoms with E-state index in [2.05, 4.69) is 14.7 Å². The minimum absolute atomic E-state index is 0.0285. The summed E-state index contributed by atoms with van der Waals surface area (Å²) in [6, 6.07) is 3.91. The fourth-order valence-electron chi connectivity index (χ4n) is 3.86. The van der Waals surface area contributed by atoms with Crippen LogP contribution < -0.4 is 10.5 Å². The number of benzene rings is 1. The molecular weight excluding hydrogens is 471 g/mol. The molecule has 0 bridgehead atoms. The molecule has 0 spiro atoms. The van der Waals surface area contributed by atoms with Gasteiger partial charge in [-0.1, -0.05) is 32.4 Å². The molecule has 1 aromatic heterocycles. The number of nitrogens with two attached hydrogens (primary N) is 1. The summed E-state index contributed by atoms with van der Waals surface area (Å²) < 4.78 is 48.5. The molecule has 1 atom stereocenters. The molecule has 0 saturated heterocycles. The summed E-state index contributed by atoms with van der Waals surface area (Å²) in [5, 5.41) is 0.0416. The van der Waals surface area contributed by atoms with Crippen LogP contribution in [0.5, 0.6) is 0 Å². The van der Waals surface area contributed by atoms with Gasteiger partial charge in [0.2, 0.25) is 21.8 Å². The third kappa shape index (κ3) is 5.27. The molecule has 1 unspecified atom stereocenters. The lowest BCUT2D eigenvalue weighted by atomic mass is 9.86. The van der Waals surface area contributed by atoms with E-state index in [9.17, 15) is 13.2 Å². The summed E-state index contributed by atoms with van der Waals surface area (Å²) in [5.74, 6) is -1.54. The average Bonchev–Trinajstić information content (AvgIpc) is 2.94. The van der Waals surface area contributed by atoms with Gasteiger partial charge in [0, 0.05) is 16.8 Å². The second-order valence-corrected chi connectivity index (χ2v) is 10.8. The van der Waals surface area contributed by atoms with Gasteiger partial charge in [-0.15, -0.1) is 0 Å². The van der Waals surface area contributed by atoms with Crippen molar-refractivity contribution in [3.8, 4) is 0 Å². The van der Waals surface area contributed by atoms with Crippen LogP contribution >= 0.6 is 11.6 Å². The Morgan fingerprint density at radius 3 is 2.64 bits per heavy atom. The predicted molar refractivity (Wildman–Crippen MR) is 126 cm³/mol. The van der Waals surface area contributed by atoms with E-state index in [0.717, 1.165) is 6.07 Å². The fourth-order valence-corrected chi connectivity index (χ4v) is 5.20. The van der Waals surface area contributed by atoms with Crippen molar-refractivity contribution in [3.63, 3.8) is 0 Å². The van der Waals surface area contributed by atoms with Gasteiger partial charge in [-0.3, -0.25) is 9.52 Å². The summed E-state index contributed by atoms with van der Waals surface area (Å²) in [7, 11) is -3.81. The molecule has 3 N–H and O–H groups in total. The Hall–Kier alpha value is -2.72. The van der Waals surface area contributed by atoms with E-state index in [0.29, 0.717) is 12.8 Å². The number of ether oxygens (including phenoxy) is 1. The molecular formula is C22H26ClFN4O4S. The Morgan fingerprint density at radius 1 is 1.33 bits per heavy atom. The lowest BCUT2D eigenvalue weighted by molar-refractivity contribution is -0.127. The van der Waals surface area contributed by atoms with Crippen molar-refractivity contribution in [1.29, 1.82) is 0 Å². The number of ketones is 1. The van der Waals surface area contributed by atoms with E-state index in [4.69, 9.17) is 22.1 Å². The zero-order valence-electron chi connectivity index (χ0n) is 18.8. The van der Waals surface area contributed by atoms with Crippen molar-refractivity contribution in [2.45, 2.75) is 46.1 Å². The Bertz CT molecular complexity index is 1230. The number of carbonyl (C=O) groups is 1. The highest BCUT2D eigenvalue weighted by molar-refractivity contribution is 7.92. The maximum absolute atomic E-state index is 15.6. The van der Waals surface area contributed by atoms with Gasteiger partial charge in [0.1, 0.15) is 5.69 Å². The van der Waals surface area contributed by atoms with Crippen LogP contribution in [-0.4, -0.2) is 35.5 Å². The SMILES string of the molecule is CCCS(=O)(=O)Nc1cc(Cl)cc(C2=C(c3ccnc(N)n3)OC(C)(CC(C)C)C2=O)c1F. The maximum atomic E-state index is 15.6. The highest BCUT2D eigenvalue weighted by Crippen LogP contribution is 2.45. The van der Waals surface area contributed by atoms with Crippen LogP contribution in [0.4, 0.5) is 16.0 Å². The molecule has 8 nitrogen and oxygen atoms in total. The minimum Gasteiger partial charge on any atom is -0.476 e. The number of sulfonamides is 1. The topological polar surface area (TPSA) is 124 Å². The molecule has 178 valence electrons. The molecule has 1 aliphatic heterocycles. The summed E-state index contributed by atoms with van der Waals surface area (Å²) >= 11 is 6.21. The Labute approximate surface area is 197 Å². The van der Waals surface area contributed by atoms with E-state index in [1.165, 1.54) is 18.3 Å². The summed E-state index contributed by atoms with van der Waals surface area (Å²) in [6.07, 6.45) is 2.10. The summed E-state index contributed by atoms with van der Waals surface area (Å²) in [6.45, 7) is 7.18. The van der Waals surface area contributed by atoms with Crippen LogP contribution in [0.3, 0.4) is 0 Å². The van der Waals surface area contributed by atoms with Crippen LogP contribution in [0, 0.1) is 11.7 Å². The number of Topliss-reactive ketones (excluding diaryl/α,β-unsaturated/α-hetero) is 1. The van der Waals surface area contributed by atoms with E-state index in [-0.39, 0.29) is 50.9 Å². The van der Waals surface area contributed by atoms with E-state index >= 15 is 4.39 Å². The van der Waals surface area contributed by atoms with Gasteiger partial charge in [-0.05, 0) is 43.9 Å². The fraction of sp³-hybridized carbons (Fsp3) is 0.409. The van der Waals surface area contributed by atoms with Crippen molar-refractivity contribution in [2.75, 3.05) is 16.2 Å². The first-order chi connectivity index (χ1) is 15.4. The van der Waals surface area contributed by atoms with E-state index in [1.54, 1.807) is 13.8 Å². The van der Waals surface area contributed by atoms with Gasteiger partial charge in [-0.2, -0.15) is 0 Å². The zero-order chi connectivity index (χ0) is 24.6. The van der Waals surface area contributed by atoms with Gasteiger partial charge in [0.05, 0.1) is 17.0 Å². The van der Waals surface area contributed by atoms with Crippen LogP contribution in [0.15, 0.2) is 24.4 Å². The lowest BCUT2D eigenvalue weighted by Gasteiger charge is -2.25. The Kier molecular flexibility index (Phi) is 6.99. The van der Waals surface area contributed by atoms with E-state index in [1.807, 2.05) is 13.8 Å². The molecule has 0 aliphatic carbocycles. The largest absolute Gasteiger partial charge is 0.476 e. The standard InChI is InChI=1S/C22H26ClFN4O4S/c1-5-8-33(30,31)28-16-10-13(23)9-14(18(16)24)17-19(15-6-7-26-21(25)27-15)32-22(4,20(17)29)11-12(2)3/h6-7,9-10,12,28H,5,8,11H2,1-4H3,(H2,25,26,27). The molecule has 11 heteroatoms. The third-order valence-corrected chi connectivity index (χ3v) is 6.71. The number of nitrogens with zero attached hydrogens (tertiary/aromatic N) is 2. The molecule has 33 heavy (non-hydrogen) atoms. The summed E-state index contributed by atoms with van der Waals surface area (Å²) in [4.78, 5) is 21.6. The number of hydrogen-bond donors (Lipinski definition) is 2. The first-order valence-corrected chi connectivity index (χ1v) is 12.5. The van der Waals surface area contributed by atoms with Crippen molar-refractivity contribution in [1.82, 2.24) is 9.97 Å². The number of halogens is 2. The van der Waals surface area contributed by atoms with Gasteiger partial charge < -0.3 is 10.5 Å². The molecule has 1 aromatic carbocycles. The quantitative estimate of drug-likeness (QED) is 0.559. The normalized spacial score (nSPS) is 18.7. The van der Waals surface area contributed by atoms with Crippen molar-refractivity contribution in [2.24, 2.45) is 5.92 Å². The number of hydrogen-bond acceptors (Lipinski definition) is 7. The number of nitrogens with one attached hydrogen (secondary N) is 1. The van der Waals surface area contributed by atoms with Crippen molar-refractivity contribution in [3.05, 3.63) is 46.5 Å². The number of carbonyl (C=O) groups excluding carboxylic acids is 1. The highest BCUT2D eigenvalue weighted by atomic mass is 35.5. The van der Waals surface area contributed by atoms with Gasteiger partial charge >= 0.3 is 0 Å². The first kappa shape index (κ1) is 24.9. The lowest BCUT2D eigenvalue weighted by Crippen LogP contribution is -2.35. The Morgan fingerprint density at radius 2 is 2.03 bits per heavy atom. The molecule has 0 radical (unpaired) electrons. The van der Waals surface area contributed by atoms with Crippen molar-refractivity contribution >= 4 is 50.4 Å². The summed E-state index contributed by atoms with van der Waals surface area (Å²) in [5.41, 5.74) is 3.99. The monoisotopic (exact) mass is 496 g/mol. The molecule has 2 aromatic rings. The van der Waals surface area contributed by atoms with Crippen molar-refractivity contribution < 1.29 is 22.3 Å². The zero-order valence-corrected chi connectivity index (χ0v) is 20.3. The van der Waals surface area contributed by atoms with Crippen LogP contribution in [0.1, 0.15) is 51.8 Å². The second kappa shape index (κ2) is 9.26. The molecule has 1 aliphatic rings. The average molecular weight is 497 g/mol. The van der Waals surface area contributed by atoms with Crippen LogP contribution in [0.25, 0.3) is 11.3 Å². The first-order valence-electron chi connectivity index (χ1n) is 10.4. The van der Waals surface area contributed by atoms with Gasteiger partial charge in [0.25, 0.3) is 0 Å². The molecule has 2 heterocycles. The molecule has 0 saturated carbocycles. The number of nitrogen functional groups attached to an aromatic ring is 1.